The predicted molar refractivity (Wildman–Crippen MR) is 88.6 cm³/mol. The second kappa shape index (κ2) is 9.57. The second-order valence-electron chi connectivity index (χ2n) is 5.05. The van der Waals surface area contributed by atoms with Gasteiger partial charge in [-0.15, -0.1) is 0 Å². The van der Waals surface area contributed by atoms with Crippen LogP contribution in [0.25, 0.3) is 0 Å². The maximum absolute atomic E-state index is 12.1. The van der Waals surface area contributed by atoms with Crippen molar-refractivity contribution in [3.05, 3.63) is 11.4 Å². The SMILES string of the molecule is CCOC(=O)CN(C)C(=O)CSc1nc(C)c(C)n1CCOC. The fourth-order valence-electron chi connectivity index (χ4n) is 1.90. The molecule has 1 heterocycles. The highest BCUT2D eigenvalue weighted by Crippen LogP contribution is 2.21. The molecule has 8 heteroatoms. The van der Waals surface area contributed by atoms with Gasteiger partial charge in [-0.05, 0) is 20.8 Å². The summed E-state index contributed by atoms with van der Waals surface area (Å²) in [6, 6.07) is 0. The number of esters is 1. The molecule has 0 aliphatic heterocycles. The van der Waals surface area contributed by atoms with Gasteiger partial charge in [0.1, 0.15) is 6.54 Å². The number of hydrogen-bond acceptors (Lipinski definition) is 6. The second-order valence-corrected chi connectivity index (χ2v) is 6.00. The van der Waals surface area contributed by atoms with Gasteiger partial charge in [-0.2, -0.15) is 0 Å². The van der Waals surface area contributed by atoms with Gasteiger partial charge >= 0.3 is 5.97 Å². The number of amides is 1. The van der Waals surface area contributed by atoms with Crippen molar-refractivity contribution in [2.24, 2.45) is 0 Å². The summed E-state index contributed by atoms with van der Waals surface area (Å²) in [6.07, 6.45) is 0. The summed E-state index contributed by atoms with van der Waals surface area (Å²) in [5.41, 5.74) is 2.01. The molecule has 1 rings (SSSR count). The molecule has 0 aromatic carbocycles. The first-order valence-electron chi connectivity index (χ1n) is 7.45. The average Bonchev–Trinajstić information content (AvgIpc) is 2.77. The Morgan fingerprint density at radius 2 is 2.04 bits per heavy atom. The number of aryl methyl sites for hydroxylation is 1. The van der Waals surface area contributed by atoms with Crippen LogP contribution in [-0.4, -0.2) is 66.0 Å². The van der Waals surface area contributed by atoms with Gasteiger partial charge in [0, 0.05) is 26.4 Å². The zero-order valence-corrected chi connectivity index (χ0v) is 15.2. The number of nitrogens with zero attached hydrogens (tertiary/aromatic N) is 3. The number of carbonyl (C=O) groups excluding carboxylic acids is 2. The number of imidazole rings is 1. The van der Waals surface area contributed by atoms with Gasteiger partial charge < -0.3 is 18.9 Å². The van der Waals surface area contributed by atoms with Gasteiger partial charge in [-0.3, -0.25) is 9.59 Å². The number of likely N-dealkylation sites (N-methyl/N-ethyl adjacent to an activating group) is 1. The molecule has 7 nitrogen and oxygen atoms in total. The van der Waals surface area contributed by atoms with E-state index in [4.69, 9.17) is 9.47 Å². The van der Waals surface area contributed by atoms with E-state index in [1.54, 1.807) is 21.1 Å². The Hall–Kier alpha value is -1.54. The Balaban J connectivity index is 2.61. The molecule has 0 spiro atoms. The van der Waals surface area contributed by atoms with Crippen molar-refractivity contribution in [2.45, 2.75) is 32.5 Å². The van der Waals surface area contributed by atoms with Crippen LogP contribution in [0.3, 0.4) is 0 Å². The molecule has 0 N–H and O–H groups in total. The molecule has 1 aromatic heterocycles. The molecule has 130 valence electrons. The fourth-order valence-corrected chi connectivity index (χ4v) is 2.96. The van der Waals surface area contributed by atoms with Crippen molar-refractivity contribution in [3.63, 3.8) is 0 Å². The first-order chi connectivity index (χ1) is 10.9. The highest BCUT2D eigenvalue weighted by molar-refractivity contribution is 7.99. The maximum atomic E-state index is 12.1. The van der Waals surface area contributed by atoms with Gasteiger partial charge in [0.25, 0.3) is 0 Å². The third-order valence-electron chi connectivity index (χ3n) is 3.36. The number of aromatic nitrogens is 2. The van der Waals surface area contributed by atoms with E-state index in [9.17, 15) is 9.59 Å². The summed E-state index contributed by atoms with van der Waals surface area (Å²) >= 11 is 1.36. The van der Waals surface area contributed by atoms with E-state index in [1.807, 2.05) is 18.4 Å². The minimum absolute atomic E-state index is 0.0383. The Kier molecular flexibility index (Phi) is 8.11. The number of thioether (sulfide) groups is 1. The zero-order chi connectivity index (χ0) is 17.4. The molecule has 0 aliphatic carbocycles. The summed E-state index contributed by atoms with van der Waals surface area (Å²) in [6.45, 7) is 7.22. The lowest BCUT2D eigenvalue weighted by Gasteiger charge is -2.16. The molecule has 1 aromatic rings. The minimum atomic E-state index is -0.401. The van der Waals surface area contributed by atoms with Gasteiger partial charge in [-0.1, -0.05) is 11.8 Å². The molecule has 0 saturated carbocycles. The van der Waals surface area contributed by atoms with Crippen molar-refractivity contribution in [2.75, 3.05) is 39.7 Å². The van der Waals surface area contributed by atoms with Gasteiger partial charge in [0.2, 0.25) is 5.91 Å². The summed E-state index contributed by atoms with van der Waals surface area (Å²) < 4.78 is 12.0. The summed E-state index contributed by atoms with van der Waals surface area (Å²) in [4.78, 5) is 29.4. The Bertz CT molecular complexity index is 545. The minimum Gasteiger partial charge on any atom is -0.465 e. The third-order valence-corrected chi connectivity index (χ3v) is 4.33. The van der Waals surface area contributed by atoms with E-state index in [0.717, 1.165) is 16.5 Å². The number of carbonyl (C=O) groups is 2. The van der Waals surface area contributed by atoms with Crippen LogP contribution in [0, 0.1) is 13.8 Å². The van der Waals surface area contributed by atoms with Crippen molar-refractivity contribution in [3.8, 4) is 0 Å². The van der Waals surface area contributed by atoms with E-state index in [1.165, 1.54) is 16.7 Å². The summed E-state index contributed by atoms with van der Waals surface area (Å²) in [7, 11) is 3.24. The van der Waals surface area contributed by atoms with E-state index in [2.05, 4.69) is 4.98 Å². The quantitative estimate of drug-likeness (QED) is 0.496. The van der Waals surface area contributed by atoms with E-state index < -0.39 is 5.97 Å². The summed E-state index contributed by atoms with van der Waals surface area (Å²) in [5, 5.41) is 0.787. The van der Waals surface area contributed by atoms with Crippen molar-refractivity contribution in [1.29, 1.82) is 0 Å². The Labute approximate surface area is 141 Å². The maximum Gasteiger partial charge on any atom is 0.325 e. The van der Waals surface area contributed by atoms with Gasteiger partial charge in [-0.25, -0.2) is 4.98 Å². The Morgan fingerprint density at radius 1 is 1.35 bits per heavy atom. The van der Waals surface area contributed by atoms with E-state index in [-0.39, 0.29) is 18.2 Å². The van der Waals surface area contributed by atoms with E-state index in [0.29, 0.717) is 19.8 Å². The van der Waals surface area contributed by atoms with Crippen LogP contribution in [0.5, 0.6) is 0 Å². The molecule has 0 atom stereocenters. The van der Waals surface area contributed by atoms with Crippen molar-refractivity contribution >= 4 is 23.6 Å². The molecule has 0 saturated heterocycles. The van der Waals surface area contributed by atoms with Crippen LogP contribution in [0.4, 0.5) is 0 Å². The normalized spacial score (nSPS) is 10.7. The van der Waals surface area contributed by atoms with Crippen LogP contribution in [-0.2, 0) is 25.6 Å². The predicted octanol–water partition coefficient (Wildman–Crippen LogP) is 1.26. The standard InChI is InChI=1S/C15H25N3O4S/c1-6-22-14(20)9-17(4)13(19)10-23-15-16-11(2)12(3)18(15)7-8-21-5/h6-10H2,1-5H3. The molecule has 1 amide bonds. The molecular weight excluding hydrogens is 318 g/mol. The van der Waals surface area contributed by atoms with Crippen molar-refractivity contribution < 1.29 is 19.1 Å². The van der Waals surface area contributed by atoms with Crippen molar-refractivity contribution in [1.82, 2.24) is 14.5 Å². The summed E-state index contributed by atoms with van der Waals surface area (Å²) in [5.74, 6) is -0.319. The lowest BCUT2D eigenvalue weighted by molar-refractivity contribution is -0.147. The van der Waals surface area contributed by atoms with Crippen LogP contribution in [0.15, 0.2) is 5.16 Å². The molecule has 23 heavy (non-hydrogen) atoms. The smallest absolute Gasteiger partial charge is 0.325 e. The van der Waals surface area contributed by atoms with Crippen LogP contribution < -0.4 is 0 Å². The molecule has 0 unspecified atom stereocenters. The van der Waals surface area contributed by atoms with Gasteiger partial charge in [0.15, 0.2) is 5.16 Å². The monoisotopic (exact) mass is 343 g/mol. The number of rotatable bonds is 9. The van der Waals surface area contributed by atoms with Crippen LogP contribution in [0.2, 0.25) is 0 Å². The van der Waals surface area contributed by atoms with Crippen LogP contribution >= 0.6 is 11.8 Å². The number of methoxy groups -OCH3 is 1. The largest absolute Gasteiger partial charge is 0.465 e. The zero-order valence-electron chi connectivity index (χ0n) is 14.4. The highest BCUT2D eigenvalue weighted by Gasteiger charge is 2.17. The molecule has 0 radical (unpaired) electrons. The van der Waals surface area contributed by atoms with Crippen LogP contribution in [0.1, 0.15) is 18.3 Å². The van der Waals surface area contributed by atoms with E-state index >= 15 is 0 Å². The highest BCUT2D eigenvalue weighted by atomic mass is 32.2. The molecule has 0 bridgehead atoms. The topological polar surface area (TPSA) is 73.7 Å². The molecular formula is C15H25N3O4S. The first kappa shape index (κ1) is 19.5. The lowest BCUT2D eigenvalue weighted by Crippen LogP contribution is -2.34. The number of ether oxygens (including phenoxy) is 2. The Morgan fingerprint density at radius 3 is 2.65 bits per heavy atom. The fraction of sp³-hybridized carbons (Fsp3) is 0.667. The number of hydrogen-bond donors (Lipinski definition) is 0. The third kappa shape index (κ3) is 5.87. The first-order valence-corrected chi connectivity index (χ1v) is 8.44. The average molecular weight is 343 g/mol. The van der Waals surface area contributed by atoms with Gasteiger partial charge in [0.05, 0.1) is 24.7 Å². The lowest BCUT2D eigenvalue weighted by atomic mass is 10.4. The molecule has 0 aliphatic rings. The molecule has 0 fully saturated rings.